The van der Waals surface area contributed by atoms with E-state index < -0.39 is 6.10 Å². The molecule has 4 aromatic rings. The van der Waals surface area contributed by atoms with E-state index in [1.54, 1.807) is 50.4 Å². The SMILES string of the molecule is COc1ccc(-n2nc3ccc(NC(=O)C(C)Oc4ccc(Cl)cc4Cl)cc3n2)cc1. The molecule has 31 heavy (non-hydrogen) atoms. The van der Waals surface area contributed by atoms with Crippen LogP contribution in [0.4, 0.5) is 5.69 Å². The molecule has 158 valence electrons. The summed E-state index contributed by atoms with van der Waals surface area (Å²) in [6.07, 6.45) is -0.774. The van der Waals surface area contributed by atoms with Crippen molar-refractivity contribution >= 4 is 45.8 Å². The molecule has 0 aliphatic heterocycles. The first kappa shape index (κ1) is 21.0. The maximum atomic E-state index is 12.6. The molecule has 3 aromatic carbocycles. The van der Waals surface area contributed by atoms with Crippen LogP contribution in [0.5, 0.6) is 11.5 Å². The van der Waals surface area contributed by atoms with Crippen LogP contribution in [0.25, 0.3) is 16.7 Å². The number of halogens is 2. The van der Waals surface area contributed by atoms with Gasteiger partial charge in [-0.15, -0.1) is 10.2 Å². The van der Waals surface area contributed by atoms with E-state index in [4.69, 9.17) is 32.7 Å². The highest BCUT2D eigenvalue weighted by Gasteiger charge is 2.17. The number of methoxy groups -OCH3 is 1. The number of benzene rings is 3. The average Bonchev–Trinajstić information content (AvgIpc) is 3.19. The van der Waals surface area contributed by atoms with Crippen LogP contribution < -0.4 is 14.8 Å². The van der Waals surface area contributed by atoms with E-state index in [0.29, 0.717) is 32.5 Å². The molecule has 0 aliphatic rings. The zero-order valence-corrected chi connectivity index (χ0v) is 18.2. The highest BCUT2D eigenvalue weighted by Crippen LogP contribution is 2.28. The quantitative estimate of drug-likeness (QED) is 0.434. The van der Waals surface area contributed by atoms with Crippen molar-refractivity contribution in [3.8, 4) is 17.2 Å². The first-order chi connectivity index (χ1) is 14.9. The number of amides is 1. The lowest BCUT2D eigenvalue weighted by Gasteiger charge is -2.15. The molecule has 0 aliphatic carbocycles. The topological polar surface area (TPSA) is 78.3 Å². The number of ether oxygens (including phenoxy) is 2. The van der Waals surface area contributed by atoms with Crippen LogP contribution in [0.1, 0.15) is 6.92 Å². The fraction of sp³-hybridized carbons (Fsp3) is 0.136. The van der Waals surface area contributed by atoms with Crippen molar-refractivity contribution in [2.75, 3.05) is 12.4 Å². The number of nitrogens with one attached hydrogen (secondary N) is 1. The maximum Gasteiger partial charge on any atom is 0.265 e. The molecular formula is C22H18Cl2N4O3. The Labute approximate surface area is 188 Å². The van der Waals surface area contributed by atoms with Crippen molar-refractivity contribution in [3.05, 3.63) is 70.7 Å². The molecule has 0 radical (unpaired) electrons. The Morgan fingerprint density at radius 2 is 1.74 bits per heavy atom. The number of hydrogen-bond donors (Lipinski definition) is 1. The first-order valence-electron chi connectivity index (χ1n) is 9.37. The van der Waals surface area contributed by atoms with Crippen LogP contribution in [0.2, 0.25) is 10.0 Å². The zero-order valence-electron chi connectivity index (χ0n) is 16.7. The number of rotatable bonds is 6. The third-order valence-electron chi connectivity index (χ3n) is 4.52. The predicted molar refractivity (Wildman–Crippen MR) is 121 cm³/mol. The molecule has 1 amide bonds. The van der Waals surface area contributed by atoms with Gasteiger partial charge in [-0.3, -0.25) is 4.79 Å². The summed E-state index contributed by atoms with van der Waals surface area (Å²) in [5, 5.41) is 12.6. The summed E-state index contributed by atoms with van der Waals surface area (Å²) in [4.78, 5) is 14.1. The number of anilines is 1. The number of nitrogens with zero attached hydrogens (tertiary/aromatic N) is 3. The largest absolute Gasteiger partial charge is 0.497 e. The average molecular weight is 457 g/mol. The lowest BCUT2D eigenvalue weighted by molar-refractivity contribution is -0.122. The second-order valence-electron chi connectivity index (χ2n) is 6.72. The fourth-order valence-corrected chi connectivity index (χ4v) is 3.34. The normalized spacial score (nSPS) is 11.9. The summed E-state index contributed by atoms with van der Waals surface area (Å²) in [6.45, 7) is 1.64. The summed E-state index contributed by atoms with van der Waals surface area (Å²) >= 11 is 12.0. The van der Waals surface area contributed by atoms with Crippen LogP contribution in [0, 0.1) is 0 Å². The van der Waals surface area contributed by atoms with Crippen molar-refractivity contribution in [2.45, 2.75) is 13.0 Å². The third kappa shape index (κ3) is 4.73. The van der Waals surface area contributed by atoms with E-state index in [1.165, 1.54) is 4.80 Å². The Hall–Kier alpha value is -3.29. The molecule has 0 spiro atoms. The number of hydrogen-bond acceptors (Lipinski definition) is 5. The van der Waals surface area contributed by atoms with E-state index >= 15 is 0 Å². The predicted octanol–water partition coefficient (Wildman–Crippen LogP) is 5.14. The number of carbonyl (C=O) groups excluding carboxylic acids is 1. The fourth-order valence-electron chi connectivity index (χ4n) is 2.88. The van der Waals surface area contributed by atoms with Gasteiger partial charge in [0.2, 0.25) is 0 Å². The number of aromatic nitrogens is 3. The maximum absolute atomic E-state index is 12.6. The summed E-state index contributed by atoms with van der Waals surface area (Å²) in [6, 6.07) is 17.5. The molecule has 1 N–H and O–H groups in total. The molecule has 1 unspecified atom stereocenters. The monoisotopic (exact) mass is 456 g/mol. The van der Waals surface area contributed by atoms with Gasteiger partial charge in [0.25, 0.3) is 5.91 Å². The molecule has 0 fully saturated rings. The Bertz CT molecular complexity index is 1240. The first-order valence-corrected chi connectivity index (χ1v) is 10.1. The molecule has 1 atom stereocenters. The van der Waals surface area contributed by atoms with Crippen molar-refractivity contribution in [2.24, 2.45) is 0 Å². The van der Waals surface area contributed by atoms with Gasteiger partial charge in [-0.05, 0) is 67.6 Å². The minimum absolute atomic E-state index is 0.326. The van der Waals surface area contributed by atoms with E-state index in [-0.39, 0.29) is 5.91 Å². The third-order valence-corrected chi connectivity index (χ3v) is 5.05. The smallest absolute Gasteiger partial charge is 0.265 e. The molecule has 0 saturated heterocycles. The lowest BCUT2D eigenvalue weighted by atomic mass is 10.2. The van der Waals surface area contributed by atoms with Gasteiger partial charge in [0, 0.05) is 10.7 Å². The molecule has 1 heterocycles. The van der Waals surface area contributed by atoms with E-state index in [9.17, 15) is 4.79 Å². The lowest BCUT2D eigenvalue weighted by Crippen LogP contribution is -2.30. The molecule has 0 saturated carbocycles. The van der Waals surface area contributed by atoms with Crippen LogP contribution in [-0.2, 0) is 4.79 Å². The second-order valence-corrected chi connectivity index (χ2v) is 7.56. The Kier molecular flexibility index (Phi) is 5.97. The molecule has 9 heteroatoms. The van der Waals surface area contributed by atoms with Gasteiger partial charge in [-0.1, -0.05) is 23.2 Å². The van der Waals surface area contributed by atoms with Crippen LogP contribution in [0.3, 0.4) is 0 Å². The standard InChI is InChI=1S/C22H18Cl2N4O3/c1-13(31-21-10-3-14(23)11-18(21)24)22(29)25-15-4-9-19-20(12-15)27-28(26-19)16-5-7-17(30-2)8-6-16/h3-13H,1-2H3,(H,25,29). The summed E-state index contributed by atoms with van der Waals surface area (Å²) in [5.74, 6) is 0.807. The van der Waals surface area contributed by atoms with Crippen molar-refractivity contribution in [1.29, 1.82) is 0 Å². The van der Waals surface area contributed by atoms with Crippen molar-refractivity contribution < 1.29 is 14.3 Å². The molecular weight excluding hydrogens is 439 g/mol. The van der Waals surface area contributed by atoms with Gasteiger partial charge in [-0.2, -0.15) is 4.80 Å². The van der Waals surface area contributed by atoms with Crippen LogP contribution in [-0.4, -0.2) is 34.1 Å². The van der Waals surface area contributed by atoms with Crippen LogP contribution in [0.15, 0.2) is 60.7 Å². The van der Waals surface area contributed by atoms with E-state index in [0.717, 1.165) is 11.4 Å². The van der Waals surface area contributed by atoms with Gasteiger partial charge in [0.1, 0.15) is 22.5 Å². The van der Waals surface area contributed by atoms with Gasteiger partial charge < -0.3 is 14.8 Å². The Morgan fingerprint density at radius 3 is 2.45 bits per heavy atom. The van der Waals surface area contributed by atoms with Gasteiger partial charge in [0.15, 0.2) is 6.10 Å². The van der Waals surface area contributed by atoms with Crippen molar-refractivity contribution in [3.63, 3.8) is 0 Å². The summed E-state index contributed by atoms with van der Waals surface area (Å²) < 4.78 is 10.8. The Morgan fingerprint density at radius 1 is 1.00 bits per heavy atom. The molecule has 0 bridgehead atoms. The van der Waals surface area contributed by atoms with Gasteiger partial charge >= 0.3 is 0 Å². The van der Waals surface area contributed by atoms with E-state index in [1.807, 2.05) is 24.3 Å². The van der Waals surface area contributed by atoms with Gasteiger partial charge in [0.05, 0.1) is 17.8 Å². The minimum Gasteiger partial charge on any atom is -0.497 e. The number of fused-ring (bicyclic) bond motifs is 1. The molecule has 7 nitrogen and oxygen atoms in total. The van der Waals surface area contributed by atoms with Crippen LogP contribution >= 0.6 is 23.2 Å². The summed E-state index contributed by atoms with van der Waals surface area (Å²) in [7, 11) is 1.61. The molecule has 4 rings (SSSR count). The highest BCUT2D eigenvalue weighted by atomic mass is 35.5. The van der Waals surface area contributed by atoms with Crippen molar-refractivity contribution in [1.82, 2.24) is 15.0 Å². The summed E-state index contributed by atoms with van der Waals surface area (Å²) in [5.41, 5.74) is 2.72. The van der Waals surface area contributed by atoms with E-state index in [2.05, 4.69) is 15.5 Å². The highest BCUT2D eigenvalue weighted by molar-refractivity contribution is 6.35. The Balaban J connectivity index is 1.48. The zero-order chi connectivity index (χ0) is 22.0. The minimum atomic E-state index is -0.774. The number of carbonyl (C=O) groups is 1. The molecule has 1 aromatic heterocycles. The second kappa shape index (κ2) is 8.83. The van der Waals surface area contributed by atoms with Gasteiger partial charge in [-0.25, -0.2) is 0 Å².